The van der Waals surface area contributed by atoms with Gasteiger partial charge in [0, 0.05) is 24.0 Å². The molecule has 5 heteroatoms. The molecule has 0 fully saturated rings. The Morgan fingerprint density at radius 3 is 3.18 bits per heavy atom. The van der Waals surface area contributed by atoms with Crippen LogP contribution in [0.25, 0.3) is 0 Å². The third kappa shape index (κ3) is 3.14. The summed E-state index contributed by atoms with van der Waals surface area (Å²) >= 11 is 6.86. The second-order valence-electron chi connectivity index (χ2n) is 2.01. The van der Waals surface area contributed by atoms with Crippen LogP contribution in [-0.2, 0) is 0 Å². The Morgan fingerprint density at radius 2 is 2.64 bits per heavy atom. The van der Waals surface area contributed by atoms with E-state index in [4.69, 9.17) is 16.7 Å². The third-order valence-corrected chi connectivity index (χ3v) is 2.47. The lowest BCUT2D eigenvalue weighted by Crippen LogP contribution is -2.11. The van der Waals surface area contributed by atoms with Crippen LogP contribution in [0.5, 0.6) is 0 Å². The van der Waals surface area contributed by atoms with E-state index in [1.165, 1.54) is 11.8 Å². The van der Waals surface area contributed by atoms with Crippen LogP contribution >= 0.6 is 23.4 Å². The summed E-state index contributed by atoms with van der Waals surface area (Å²) in [6, 6.07) is 0. The van der Waals surface area contributed by atoms with Gasteiger partial charge in [-0.1, -0.05) is 11.8 Å². The molecule has 0 aromatic carbocycles. The van der Waals surface area contributed by atoms with Gasteiger partial charge in [-0.2, -0.15) is 0 Å². The van der Waals surface area contributed by atoms with E-state index in [0.29, 0.717) is 5.75 Å². The molecule has 1 atom stereocenters. The van der Waals surface area contributed by atoms with Crippen molar-refractivity contribution >= 4 is 23.4 Å². The van der Waals surface area contributed by atoms with E-state index in [2.05, 4.69) is 9.97 Å². The van der Waals surface area contributed by atoms with E-state index in [9.17, 15) is 0 Å². The first kappa shape index (κ1) is 8.90. The summed E-state index contributed by atoms with van der Waals surface area (Å²) in [5.41, 5.74) is 0. The number of aliphatic hydroxyl groups excluding tert-OH is 1. The van der Waals surface area contributed by atoms with Crippen molar-refractivity contribution in [2.24, 2.45) is 0 Å². The van der Waals surface area contributed by atoms with E-state index in [0.717, 1.165) is 5.16 Å². The highest BCUT2D eigenvalue weighted by Gasteiger charge is 2.03. The first-order chi connectivity index (χ1) is 5.33. The number of rotatable bonds is 4. The number of aromatic amines is 1. The number of nitrogens with one attached hydrogen (secondary N) is 1. The molecule has 1 heterocycles. The van der Waals surface area contributed by atoms with E-state index in [1.54, 1.807) is 12.4 Å². The molecule has 3 nitrogen and oxygen atoms in total. The fourth-order valence-corrected chi connectivity index (χ4v) is 1.54. The molecule has 62 valence electrons. The number of alkyl halides is 1. The van der Waals surface area contributed by atoms with Crippen molar-refractivity contribution in [2.45, 2.75) is 11.3 Å². The predicted molar refractivity (Wildman–Crippen MR) is 46.0 cm³/mol. The zero-order valence-electron chi connectivity index (χ0n) is 5.83. The van der Waals surface area contributed by atoms with Crippen LogP contribution in [0.15, 0.2) is 17.6 Å². The summed E-state index contributed by atoms with van der Waals surface area (Å²) in [6.07, 6.45) is 2.97. The topological polar surface area (TPSA) is 48.9 Å². The maximum absolute atomic E-state index is 9.06. The first-order valence-electron chi connectivity index (χ1n) is 3.19. The lowest BCUT2D eigenvalue weighted by molar-refractivity contribution is 0.223. The zero-order chi connectivity index (χ0) is 8.10. The van der Waals surface area contributed by atoms with Gasteiger partial charge in [-0.05, 0) is 0 Å². The fourth-order valence-electron chi connectivity index (χ4n) is 0.549. The van der Waals surface area contributed by atoms with Gasteiger partial charge in [-0.15, -0.1) is 11.6 Å². The maximum atomic E-state index is 9.06. The van der Waals surface area contributed by atoms with Crippen LogP contribution in [0, 0.1) is 0 Å². The quantitative estimate of drug-likeness (QED) is 0.555. The Hall–Kier alpha value is -0.190. The van der Waals surface area contributed by atoms with E-state index >= 15 is 0 Å². The van der Waals surface area contributed by atoms with Gasteiger partial charge >= 0.3 is 0 Å². The van der Waals surface area contributed by atoms with Gasteiger partial charge in [0.1, 0.15) is 0 Å². The minimum atomic E-state index is -0.452. The second-order valence-corrected chi connectivity index (χ2v) is 3.33. The van der Waals surface area contributed by atoms with Crippen molar-refractivity contribution in [2.75, 3.05) is 11.6 Å². The number of hydrogen-bond donors (Lipinski definition) is 2. The molecule has 1 unspecified atom stereocenters. The summed E-state index contributed by atoms with van der Waals surface area (Å²) in [4.78, 5) is 6.89. The van der Waals surface area contributed by atoms with Crippen molar-refractivity contribution in [3.05, 3.63) is 12.4 Å². The van der Waals surface area contributed by atoms with Gasteiger partial charge in [0.2, 0.25) is 0 Å². The van der Waals surface area contributed by atoms with Crippen molar-refractivity contribution in [1.29, 1.82) is 0 Å². The van der Waals surface area contributed by atoms with Crippen LogP contribution in [0.2, 0.25) is 0 Å². The van der Waals surface area contributed by atoms with Crippen molar-refractivity contribution < 1.29 is 5.11 Å². The smallest absolute Gasteiger partial charge is 0.165 e. The molecule has 0 saturated heterocycles. The number of nitrogens with zero attached hydrogens (tertiary/aromatic N) is 1. The molecule has 0 spiro atoms. The average Bonchev–Trinajstić information content (AvgIpc) is 2.52. The summed E-state index contributed by atoms with van der Waals surface area (Å²) < 4.78 is 0. The molecule has 2 N–H and O–H groups in total. The normalized spacial score (nSPS) is 13.3. The average molecular weight is 193 g/mol. The lowest BCUT2D eigenvalue weighted by atomic mass is 10.5. The highest BCUT2D eigenvalue weighted by Crippen LogP contribution is 2.12. The highest BCUT2D eigenvalue weighted by atomic mass is 35.5. The van der Waals surface area contributed by atoms with E-state index in [1.807, 2.05) is 0 Å². The number of aromatic nitrogens is 2. The number of H-pyrrole nitrogens is 1. The molecular formula is C6H9ClN2OS. The molecule has 1 aromatic rings. The molecule has 1 aromatic heterocycles. The van der Waals surface area contributed by atoms with E-state index < -0.39 is 6.10 Å². The van der Waals surface area contributed by atoms with Crippen LogP contribution < -0.4 is 0 Å². The van der Waals surface area contributed by atoms with Gasteiger partial charge in [0.15, 0.2) is 5.16 Å². The van der Waals surface area contributed by atoms with E-state index in [-0.39, 0.29) is 5.88 Å². The number of aliphatic hydroxyl groups is 1. The molecule has 0 aliphatic rings. The lowest BCUT2D eigenvalue weighted by Gasteiger charge is -2.02. The van der Waals surface area contributed by atoms with Crippen LogP contribution in [-0.4, -0.2) is 32.8 Å². The molecule has 1 rings (SSSR count). The Kier molecular flexibility index (Phi) is 3.76. The SMILES string of the molecule is OC(CCl)CSc1ncc[nH]1. The maximum Gasteiger partial charge on any atom is 0.165 e. The number of hydrogen-bond acceptors (Lipinski definition) is 3. The summed E-state index contributed by atoms with van der Waals surface area (Å²) in [5, 5.41) is 9.88. The monoisotopic (exact) mass is 192 g/mol. The van der Waals surface area contributed by atoms with Crippen LogP contribution in [0.4, 0.5) is 0 Å². The Balaban J connectivity index is 2.23. The minimum Gasteiger partial charge on any atom is -0.391 e. The Bertz CT molecular complexity index is 192. The summed E-state index contributed by atoms with van der Waals surface area (Å²) in [6.45, 7) is 0. The second kappa shape index (κ2) is 4.64. The molecule has 0 amide bonds. The third-order valence-electron chi connectivity index (χ3n) is 1.06. The largest absolute Gasteiger partial charge is 0.391 e. The molecule has 0 aliphatic carbocycles. The van der Waals surface area contributed by atoms with Gasteiger partial charge in [0.05, 0.1) is 6.10 Å². The van der Waals surface area contributed by atoms with Crippen molar-refractivity contribution in [3.63, 3.8) is 0 Å². The predicted octanol–water partition coefficient (Wildman–Crippen LogP) is 1.10. The Labute approximate surface area is 74.2 Å². The minimum absolute atomic E-state index is 0.272. The van der Waals surface area contributed by atoms with Crippen molar-refractivity contribution in [1.82, 2.24) is 9.97 Å². The van der Waals surface area contributed by atoms with Gasteiger partial charge < -0.3 is 10.1 Å². The van der Waals surface area contributed by atoms with Crippen LogP contribution in [0.1, 0.15) is 0 Å². The van der Waals surface area contributed by atoms with Crippen LogP contribution in [0.3, 0.4) is 0 Å². The standard InChI is InChI=1S/C6H9ClN2OS/c7-3-5(10)4-11-6-8-1-2-9-6/h1-2,5,10H,3-4H2,(H,8,9). The van der Waals surface area contributed by atoms with Gasteiger partial charge in [0.25, 0.3) is 0 Å². The molecule has 11 heavy (non-hydrogen) atoms. The highest BCUT2D eigenvalue weighted by molar-refractivity contribution is 7.99. The van der Waals surface area contributed by atoms with Gasteiger partial charge in [-0.25, -0.2) is 4.98 Å². The van der Waals surface area contributed by atoms with Crippen molar-refractivity contribution in [3.8, 4) is 0 Å². The molecule has 0 bridgehead atoms. The molecule has 0 aliphatic heterocycles. The number of imidazole rings is 1. The molecule has 0 saturated carbocycles. The fraction of sp³-hybridized carbons (Fsp3) is 0.500. The molecular weight excluding hydrogens is 184 g/mol. The number of halogens is 1. The first-order valence-corrected chi connectivity index (χ1v) is 4.71. The molecule has 0 radical (unpaired) electrons. The zero-order valence-corrected chi connectivity index (χ0v) is 7.40. The number of thioether (sulfide) groups is 1. The summed E-state index contributed by atoms with van der Waals surface area (Å²) in [7, 11) is 0. The Morgan fingerprint density at radius 1 is 1.82 bits per heavy atom. The van der Waals surface area contributed by atoms with Gasteiger partial charge in [-0.3, -0.25) is 0 Å². The summed E-state index contributed by atoms with van der Waals surface area (Å²) in [5.74, 6) is 0.852.